The molecule has 0 spiro atoms. The highest BCUT2D eigenvalue weighted by molar-refractivity contribution is 8.76. The first kappa shape index (κ1) is 81.5. The van der Waals surface area contributed by atoms with E-state index in [1.54, 1.807) is 13.8 Å². The van der Waals surface area contributed by atoms with Crippen molar-refractivity contribution in [3.8, 4) is 0 Å². The Morgan fingerprint density at radius 2 is 1.01 bits per heavy atom. The van der Waals surface area contributed by atoms with Crippen LogP contribution in [0.2, 0.25) is 0 Å². The fourth-order valence-corrected chi connectivity index (χ4v) is 14.4. The van der Waals surface area contributed by atoms with Crippen molar-refractivity contribution in [3.63, 3.8) is 0 Å². The van der Waals surface area contributed by atoms with Crippen LogP contribution in [0.5, 0.6) is 0 Å². The number of nitrogens with zero attached hydrogens (tertiary/aromatic N) is 5. The molecular weight excluding hydrogens is 1380 g/mol. The van der Waals surface area contributed by atoms with Crippen molar-refractivity contribution in [2.45, 2.75) is 195 Å². The predicted octanol–water partition coefficient (Wildman–Crippen LogP) is -10.1. The van der Waals surface area contributed by atoms with Gasteiger partial charge in [0.2, 0.25) is 94.5 Å². The first-order valence-corrected chi connectivity index (χ1v) is 35.9. The molecule has 6 rings (SSSR count). The van der Waals surface area contributed by atoms with E-state index in [0.717, 1.165) is 40.3 Å². The quantitative estimate of drug-likeness (QED) is 0.0336. The zero-order chi connectivity index (χ0) is 75.2. The Balaban J connectivity index is 1.48. The number of aromatic nitrogens is 2. The van der Waals surface area contributed by atoms with Gasteiger partial charge in [0.1, 0.15) is 78.5 Å². The van der Waals surface area contributed by atoms with Crippen molar-refractivity contribution < 1.29 is 92.0 Å². The van der Waals surface area contributed by atoms with Gasteiger partial charge in [-0.25, -0.2) is 4.98 Å². The molecule has 40 nitrogen and oxygen atoms in total. The molecule has 0 aromatic carbocycles. The van der Waals surface area contributed by atoms with Gasteiger partial charge < -0.3 is 116 Å². The average Bonchev–Trinajstić information content (AvgIpc) is 1.63. The van der Waals surface area contributed by atoms with Crippen molar-refractivity contribution in [2.24, 2.45) is 33.8 Å². The van der Waals surface area contributed by atoms with Gasteiger partial charge in [0.05, 0.1) is 44.5 Å². The van der Waals surface area contributed by atoms with Crippen LogP contribution in [0.1, 0.15) is 104 Å². The van der Waals surface area contributed by atoms with Crippen LogP contribution in [0.3, 0.4) is 0 Å². The lowest BCUT2D eigenvalue weighted by Crippen LogP contribution is -2.63. The Kier molecular flexibility index (Phi) is 30.8. The van der Waals surface area contributed by atoms with Gasteiger partial charge in [-0.3, -0.25) is 81.7 Å². The smallest absolute Gasteiger partial charge is 0.246 e. The highest BCUT2D eigenvalue weighted by Gasteiger charge is 2.47. The monoisotopic (exact) mass is 1480 g/mol. The number of nitrogens with one attached hydrogen (secondary N) is 12. The van der Waals surface area contributed by atoms with Crippen LogP contribution in [0.25, 0.3) is 0 Å². The zero-order valence-electron chi connectivity index (χ0n) is 56.8. The average molecular weight is 1480 g/mol. The summed E-state index contributed by atoms with van der Waals surface area (Å²) in [5, 5.41) is 59.5. The number of primary amides is 2. The fourth-order valence-electron chi connectivity index (χ4n) is 12.1. The molecular formula is C60H93N21O19S2. The van der Waals surface area contributed by atoms with E-state index in [9.17, 15) is 92.0 Å². The molecule has 5 aliphatic rings. The number of aliphatic hydroxyl groups is 3. The Hall–Kier alpha value is -9.42. The molecule has 564 valence electrons. The molecule has 2 bridgehead atoms. The van der Waals surface area contributed by atoms with Crippen LogP contribution >= 0.6 is 21.6 Å². The molecule has 0 unspecified atom stereocenters. The Bertz CT molecular complexity index is 3290. The summed E-state index contributed by atoms with van der Waals surface area (Å²) in [5.74, 6) is -19.3. The third-order valence-electron chi connectivity index (χ3n) is 17.7. The maximum absolute atomic E-state index is 14.9. The van der Waals surface area contributed by atoms with E-state index in [2.05, 4.69) is 73.4 Å². The van der Waals surface area contributed by atoms with Crippen LogP contribution in [-0.2, 0) is 83.1 Å². The van der Waals surface area contributed by atoms with Crippen molar-refractivity contribution in [1.29, 1.82) is 0 Å². The first-order chi connectivity index (χ1) is 48.3. The van der Waals surface area contributed by atoms with E-state index < -0.39 is 229 Å². The largest absolute Gasteiger partial charge is 0.394 e. The molecule has 23 N–H and O–H groups in total. The van der Waals surface area contributed by atoms with Gasteiger partial charge in [0.15, 0.2) is 5.96 Å². The number of rotatable bonds is 15. The van der Waals surface area contributed by atoms with E-state index in [-0.39, 0.29) is 83.5 Å². The topological polar surface area (TPSA) is 621 Å². The molecule has 5 saturated heterocycles. The molecule has 5 aliphatic heterocycles. The van der Waals surface area contributed by atoms with Gasteiger partial charge in [-0.15, -0.1) is 0 Å². The van der Waals surface area contributed by atoms with E-state index in [1.165, 1.54) is 22.3 Å². The number of aliphatic hydroxyl groups excluding tert-OH is 3. The summed E-state index contributed by atoms with van der Waals surface area (Å²) in [4.78, 5) is 242. The van der Waals surface area contributed by atoms with E-state index in [0.29, 0.717) is 18.5 Å². The summed E-state index contributed by atoms with van der Waals surface area (Å²) in [6.07, 6.45) is -2.27. The van der Waals surface area contributed by atoms with Gasteiger partial charge in [-0.05, 0) is 71.1 Å². The summed E-state index contributed by atoms with van der Waals surface area (Å²) in [5.41, 5.74) is 22.5. The summed E-state index contributed by atoms with van der Waals surface area (Å²) < 4.78 is 0. The van der Waals surface area contributed by atoms with Crippen LogP contribution in [0.15, 0.2) is 17.5 Å². The maximum atomic E-state index is 14.9. The molecule has 0 saturated carbocycles. The molecule has 1 aromatic rings. The van der Waals surface area contributed by atoms with Crippen molar-refractivity contribution in [2.75, 3.05) is 50.8 Å². The number of amides is 16. The van der Waals surface area contributed by atoms with Crippen LogP contribution in [0, 0.1) is 5.92 Å². The van der Waals surface area contributed by atoms with Gasteiger partial charge in [-0.1, -0.05) is 41.9 Å². The van der Waals surface area contributed by atoms with Crippen LogP contribution in [0.4, 0.5) is 0 Å². The van der Waals surface area contributed by atoms with Crippen LogP contribution < -0.4 is 81.4 Å². The fraction of sp³-hybridized carbons (Fsp3) is 0.667. The van der Waals surface area contributed by atoms with Crippen molar-refractivity contribution in [3.05, 3.63) is 18.2 Å². The molecule has 42 heteroatoms. The summed E-state index contributed by atoms with van der Waals surface area (Å²) in [7, 11) is 1.47. The number of H-pyrrole nitrogens is 1. The van der Waals surface area contributed by atoms with Gasteiger partial charge in [0, 0.05) is 56.0 Å². The minimum atomic E-state index is -2.04. The third-order valence-corrected chi connectivity index (χ3v) is 20.1. The molecule has 1 aromatic heterocycles. The summed E-state index contributed by atoms with van der Waals surface area (Å²) in [6.45, 7) is 3.08. The molecule has 0 radical (unpaired) electrons. The Morgan fingerprint density at radius 1 is 0.549 bits per heavy atom. The minimum absolute atomic E-state index is 0.000520. The number of carbonyl (C=O) groups excluding carboxylic acids is 16. The number of aromatic amines is 1. The molecule has 6 heterocycles. The molecule has 5 fully saturated rings. The summed E-state index contributed by atoms with van der Waals surface area (Å²) >= 11 is 0. The standard InChI is InChI=1S/C60H93N21O19S2/c1-5-27(2)44-54(95)74-36-24-101-102-25-37(75-55(96)45(28(3)83)76-43(87)22-67-47(88)32(19-41(61)85)70-52(93)38-11-7-15-79(38)58(99)34(20-42(62)86)72-50(36)91)51(92)78-46(29(4)84)56(97)69-31(10-6-14-66-60(63)64)48(89)73-35(23-82)49(90)71-33(18-30-21-65-26-68-30)57(98)81-17-9-13-40(81)59(100)80-16-8-12-39(80)53(94)77-44/h21,26-29,31-40,44-46,82-84H,5-20,22-25H2,1-4H3,(H2,61,85)(H2,62,86)(H,65,68)(H,67,88)(H,69,97)(H,70,93)(H,71,90)(H,72,91)(H,73,89)(H,74,95)(H,75,96)(H,76,87)(H,77,94)(H,78,92)(H4,63,64,66)/t27-,28+,29+,31-,32-,33-,34-,35-,36-,37-,38-,39-,40-,44-,45-,46-/m0/s1. The SMILES string of the molecule is CC[C@H](C)[C@@H]1NC(=O)[C@@H]2CCCN2C(=O)[C@@H]2CCCN2C(=O)[C@H](Cc2cnc[nH]2)NC(=O)[C@H](CO)NC(=O)[C@H](CCCN=C(N)N)NC(=O)[C@H]([C@@H](C)O)NC(=O)[C@@H]2CSSC[C@H](NC1=O)C(=O)N[C@@H](CC(N)=O)C(=O)N1CCC[C@H]1C(=O)N[C@@H](CC(N)=O)C(=O)NCC(=O)N[C@@H]([C@@H](C)O)C(=O)N2. The molecule has 102 heavy (non-hydrogen) atoms. The number of hydrogen-bond acceptors (Lipinski definition) is 23. The van der Waals surface area contributed by atoms with Gasteiger partial charge in [0.25, 0.3) is 0 Å². The third kappa shape index (κ3) is 22.8. The Labute approximate surface area is 593 Å². The van der Waals surface area contributed by atoms with E-state index >= 15 is 0 Å². The van der Waals surface area contributed by atoms with Crippen molar-refractivity contribution >= 4 is 122 Å². The number of imidazole rings is 1. The van der Waals surface area contributed by atoms with Gasteiger partial charge in [-0.2, -0.15) is 0 Å². The second-order valence-corrected chi connectivity index (χ2v) is 28.0. The number of carbonyl (C=O) groups is 16. The number of fused-ring (bicyclic) bond motifs is 8. The number of nitrogens with two attached hydrogens (primary N) is 4. The number of aliphatic imine (C=N–C) groups is 1. The van der Waals surface area contributed by atoms with Crippen molar-refractivity contribution in [1.82, 2.24) is 83.2 Å². The number of hydrogen-bond donors (Lipinski definition) is 19. The van der Waals surface area contributed by atoms with E-state index in [1.807, 2.05) is 0 Å². The first-order valence-electron chi connectivity index (χ1n) is 33.4. The zero-order valence-corrected chi connectivity index (χ0v) is 58.4. The highest BCUT2D eigenvalue weighted by atomic mass is 33.1. The normalized spacial score (nSPS) is 29.0. The molecule has 16 atom stereocenters. The Morgan fingerprint density at radius 3 is 1.56 bits per heavy atom. The second kappa shape index (κ2) is 38.6. The van der Waals surface area contributed by atoms with E-state index in [4.69, 9.17) is 22.9 Å². The highest BCUT2D eigenvalue weighted by Crippen LogP contribution is 2.28. The number of guanidine groups is 1. The second-order valence-electron chi connectivity index (χ2n) is 25.4. The summed E-state index contributed by atoms with van der Waals surface area (Å²) in [6, 6.07) is -21.7. The van der Waals surface area contributed by atoms with Gasteiger partial charge >= 0.3 is 0 Å². The predicted molar refractivity (Wildman–Crippen MR) is 361 cm³/mol. The molecule has 16 amide bonds. The van der Waals surface area contributed by atoms with Crippen LogP contribution in [-0.4, -0.2) is 282 Å². The lowest BCUT2D eigenvalue weighted by atomic mass is 9.97. The lowest BCUT2D eigenvalue weighted by molar-refractivity contribution is -0.148. The molecule has 0 aliphatic carbocycles. The minimum Gasteiger partial charge on any atom is -0.394 e. The lowest BCUT2D eigenvalue weighted by Gasteiger charge is -2.34. The maximum Gasteiger partial charge on any atom is 0.246 e.